The van der Waals surface area contributed by atoms with Crippen LogP contribution < -0.4 is 0 Å². The summed E-state index contributed by atoms with van der Waals surface area (Å²) in [5.74, 6) is 1.41. The average molecular weight is 350 g/mol. The SMILES string of the molecule is CC(C)C(C)c1ccccc1O.[Re]. The Kier molecular flexibility index (Phi) is 5.29. The molecule has 0 spiro atoms. The molecule has 1 atom stereocenters. The van der Waals surface area contributed by atoms with Crippen molar-refractivity contribution in [2.45, 2.75) is 26.7 Å². The Morgan fingerprint density at radius 2 is 1.62 bits per heavy atom. The van der Waals surface area contributed by atoms with Gasteiger partial charge in [-0.3, -0.25) is 0 Å². The normalized spacial score (nSPS) is 12.3. The minimum atomic E-state index is 0. The van der Waals surface area contributed by atoms with Crippen LogP contribution in [0.15, 0.2) is 24.3 Å². The van der Waals surface area contributed by atoms with Crippen LogP contribution >= 0.6 is 0 Å². The van der Waals surface area contributed by atoms with Crippen LogP contribution in [0.4, 0.5) is 0 Å². The second-order valence-corrected chi connectivity index (χ2v) is 3.59. The van der Waals surface area contributed by atoms with Gasteiger partial charge in [0.05, 0.1) is 0 Å². The van der Waals surface area contributed by atoms with E-state index in [1.54, 1.807) is 6.07 Å². The summed E-state index contributed by atoms with van der Waals surface area (Å²) >= 11 is 0. The fraction of sp³-hybridized carbons (Fsp3) is 0.455. The molecule has 1 aromatic rings. The van der Waals surface area contributed by atoms with Gasteiger partial charge in [-0.25, -0.2) is 0 Å². The van der Waals surface area contributed by atoms with Crippen LogP contribution in [0.1, 0.15) is 32.3 Å². The second-order valence-electron chi connectivity index (χ2n) is 3.59. The van der Waals surface area contributed by atoms with E-state index in [1.807, 2.05) is 18.2 Å². The van der Waals surface area contributed by atoms with Crippen molar-refractivity contribution in [2.24, 2.45) is 5.92 Å². The molecule has 0 saturated heterocycles. The Labute approximate surface area is 93.8 Å². The molecule has 0 saturated carbocycles. The third kappa shape index (κ3) is 3.14. The molecule has 13 heavy (non-hydrogen) atoms. The van der Waals surface area contributed by atoms with E-state index in [9.17, 15) is 5.11 Å². The third-order valence-electron chi connectivity index (χ3n) is 2.43. The summed E-state index contributed by atoms with van der Waals surface area (Å²) in [5.41, 5.74) is 1.05. The Morgan fingerprint density at radius 1 is 1.08 bits per heavy atom. The Bertz CT molecular complexity index is 258. The summed E-state index contributed by atoms with van der Waals surface area (Å²) in [6.45, 7) is 6.47. The number of phenols is 1. The Hall–Kier alpha value is -0.318. The monoisotopic (exact) mass is 351 g/mol. The van der Waals surface area contributed by atoms with Crippen LogP contribution in [0.3, 0.4) is 0 Å². The molecule has 0 aliphatic rings. The maximum atomic E-state index is 9.53. The zero-order chi connectivity index (χ0) is 9.14. The molecule has 1 radical (unpaired) electrons. The van der Waals surface area contributed by atoms with Crippen molar-refractivity contribution in [1.82, 2.24) is 0 Å². The second kappa shape index (κ2) is 5.42. The quantitative estimate of drug-likeness (QED) is 0.869. The van der Waals surface area contributed by atoms with Crippen LogP contribution in [0.25, 0.3) is 0 Å². The molecule has 0 bridgehead atoms. The number of benzene rings is 1. The predicted molar refractivity (Wildman–Crippen MR) is 51.4 cm³/mol. The van der Waals surface area contributed by atoms with Crippen molar-refractivity contribution in [3.05, 3.63) is 29.8 Å². The largest absolute Gasteiger partial charge is 0.508 e. The van der Waals surface area contributed by atoms with Gasteiger partial charge < -0.3 is 5.11 Å². The van der Waals surface area contributed by atoms with Crippen LogP contribution in [-0.4, -0.2) is 5.11 Å². The van der Waals surface area contributed by atoms with Crippen LogP contribution in [-0.2, 0) is 20.4 Å². The first-order chi connectivity index (χ1) is 5.63. The molecule has 73 valence electrons. The van der Waals surface area contributed by atoms with Crippen molar-refractivity contribution in [3.63, 3.8) is 0 Å². The average Bonchev–Trinajstić information content (AvgIpc) is 2.04. The van der Waals surface area contributed by atoms with E-state index in [1.165, 1.54) is 0 Å². The van der Waals surface area contributed by atoms with Gasteiger partial charge in [0.2, 0.25) is 0 Å². The minimum Gasteiger partial charge on any atom is -0.508 e. The van der Waals surface area contributed by atoms with Crippen molar-refractivity contribution in [2.75, 3.05) is 0 Å². The fourth-order valence-electron chi connectivity index (χ4n) is 1.23. The van der Waals surface area contributed by atoms with Gasteiger partial charge in [-0.15, -0.1) is 0 Å². The number of hydrogen-bond donors (Lipinski definition) is 1. The maximum absolute atomic E-state index is 9.53. The molecule has 1 unspecified atom stereocenters. The number of hydrogen-bond acceptors (Lipinski definition) is 1. The summed E-state index contributed by atoms with van der Waals surface area (Å²) in [7, 11) is 0. The maximum Gasteiger partial charge on any atom is 0.119 e. The zero-order valence-corrected chi connectivity index (χ0v) is 11.0. The van der Waals surface area contributed by atoms with E-state index in [0.29, 0.717) is 17.6 Å². The van der Waals surface area contributed by atoms with Crippen LogP contribution in [0.5, 0.6) is 5.75 Å². The minimum absolute atomic E-state index is 0. The predicted octanol–water partition coefficient (Wildman–Crippen LogP) is 3.15. The van der Waals surface area contributed by atoms with Gasteiger partial charge in [0.1, 0.15) is 5.75 Å². The first-order valence-electron chi connectivity index (χ1n) is 4.41. The molecule has 2 heteroatoms. The number of aromatic hydroxyl groups is 1. The van der Waals surface area contributed by atoms with Gasteiger partial charge in [0.25, 0.3) is 0 Å². The van der Waals surface area contributed by atoms with Crippen molar-refractivity contribution in [1.29, 1.82) is 0 Å². The molecule has 1 aromatic carbocycles. The molecular weight excluding hydrogens is 334 g/mol. The van der Waals surface area contributed by atoms with Crippen LogP contribution in [0, 0.1) is 5.92 Å². The molecule has 0 fully saturated rings. The molecule has 0 amide bonds. The summed E-state index contributed by atoms with van der Waals surface area (Å²) in [4.78, 5) is 0. The molecule has 0 aromatic heterocycles. The topological polar surface area (TPSA) is 20.2 Å². The van der Waals surface area contributed by atoms with E-state index >= 15 is 0 Å². The summed E-state index contributed by atoms with van der Waals surface area (Å²) in [6, 6.07) is 7.55. The van der Waals surface area contributed by atoms with Gasteiger partial charge in [0.15, 0.2) is 0 Å². The van der Waals surface area contributed by atoms with Crippen molar-refractivity contribution < 1.29 is 25.5 Å². The molecule has 0 heterocycles. The van der Waals surface area contributed by atoms with E-state index in [0.717, 1.165) is 5.56 Å². The molecule has 0 aliphatic heterocycles. The Balaban J connectivity index is 0.00000144. The van der Waals surface area contributed by atoms with Crippen molar-refractivity contribution >= 4 is 0 Å². The molecular formula is C11H16ORe. The summed E-state index contributed by atoms with van der Waals surface area (Å²) in [6.07, 6.45) is 0. The van der Waals surface area contributed by atoms with Crippen molar-refractivity contribution in [3.8, 4) is 5.75 Å². The number of rotatable bonds is 2. The van der Waals surface area contributed by atoms with Gasteiger partial charge in [-0.05, 0) is 23.5 Å². The van der Waals surface area contributed by atoms with E-state index in [2.05, 4.69) is 20.8 Å². The van der Waals surface area contributed by atoms with E-state index in [-0.39, 0.29) is 20.4 Å². The molecule has 0 aliphatic carbocycles. The Morgan fingerprint density at radius 3 is 2.08 bits per heavy atom. The summed E-state index contributed by atoms with van der Waals surface area (Å²) < 4.78 is 0. The molecule has 1 rings (SSSR count). The number of para-hydroxylation sites is 1. The zero-order valence-electron chi connectivity index (χ0n) is 8.29. The molecule has 1 N–H and O–H groups in total. The first-order valence-corrected chi connectivity index (χ1v) is 4.41. The molecule has 1 nitrogen and oxygen atoms in total. The van der Waals surface area contributed by atoms with Gasteiger partial charge in [0, 0.05) is 20.4 Å². The third-order valence-corrected chi connectivity index (χ3v) is 2.43. The van der Waals surface area contributed by atoms with Crippen LogP contribution in [0.2, 0.25) is 0 Å². The van der Waals surface area contributed by atoms with E-state index in [4.69, 9.17) is 0 Å². The van der Waals surface area contributed by atoms with E-state index < -0.39 is 0 Å². The van der Waals surface area contributed by atoms with Gasteiger partial charge in [-0.2, -0.15) is 0 Å². The smallest absolute Gasteiger partial charge is 0.119 e. The standard InChI is InChI=1S/C11H16O.Re/c1-8(2)9(3)10-6-4-5-7-11(10)12;/h4-9,12H,1-3H3;. The fourth-order valence-corrected chi connectivity index (χ4v) is 1.23. The van der Waals surface area contributed by atoms with Gasteiger partial charge >= 0.3 is 0 Å². The number of phenolic OH excluding ortho intramolecular Hbond substituents is 1. The van der Waals surface area contributed by atoms with Gasteiger partial charge in [-0.1, -0.05) is 39.0 Å². The first kappa shape index (κ1) is 12.7. The summed E-state index contributed by atoms with van der Waals surface area (Å²) in [5, 5.41) is 9.53.